The van der Waals surface area contributed by atoms with Gasteiger partial charge in [0.25, 0.3) is 5.91 Å². The molecule has 112 valence electrons. The van der Waals surface area contributed by atoms with E-state index in [1.807, 2.05) is 0 Å². The SMILES string of the molecule is O=C(c1cc(Cl)c2c(c1)OCO2)N1CCC(F)(C(=O)O)C1. The van der Waals surface area contributed by atoms with Gasteiger partial charge in [0.15, 0.2) is 11.5 Å². The molecule has 0 aromatic heterocycles. The van der Waals surface area contributed by atoms with Crippen LogP contribution in [0.1, 0.15) is 16.8 Å². The Kier molecular flexibility index (Phi) is 3.16. The number of carbonyl (C=O) groups excluding carboxylic acids is 1. The van der Waals surface area contributed by atoms with E-state index < -0.39 is 24.1 Å². The Morgan fingerprint density at radius 1 is 1.38 bits per heavy atom. The number of alkyl halides is 1. The third-order valence-corrected chi connectivity index (χ3v) is 3.84. The fraction of sp³-hybridized carbons (Fsp3) is 0.385. The standard InChI is InChI=1S/C13H11ClFNO5/c14-8-3-7(4-9-10(8)21-6-20-9)11(17)16-2-1-13(15,5-16)12(18)19/h3-4H,1-2,5-6H2,(H,18,19). The van der Waals surface area contributed by atoms with Gasteiger partial charge in [0.2, 0.25) is 12.5 Å². The van der Waals surface area contributed by atoms with Crippen LogP contribution in [0.3, 0.4) is 0 Å². The highest BCUT2D eigenvalue weighted by Crippen LogP contribution is 2.40. The van der Waals surface area contributed by atoms with Crippen molar-refractivity contribution in [2.24, 2.45) is 0 Å². The minimum Gasteiger partial charge on any atom is -0.479 e. The number of ether oxygens (including phenoxy) is 2. The first kappa shape index (κ1) is 13.9. The summed E-state index contributed by atoms with van der Waals surface area (Å²) in [6, 6.07) is 2.85. The molecule has 1 aromatic rings. The van der Waals surface area contributed by atoms with Crippen LogP contribution < -0.4 is 9.47 Å². The van der Waals surface area contributed by atoms with Crippen LogP contribution in [0, 0.1) is 0 Å². The first-order valence-electron chi connectivity index (χ1n) is 6.21. The number of benzene rings is 1. The van der Waals surface area contributed by atoms with Crippen molar-refractivity contribution in [3.8, 4) is 11.5 Å². The number of halogens is 2. The van der Waals surface area contributed by atoms with E-state index in [4.69, 9.17) is 26.2 Å². The Bertz CT molecular complexity index is 637. The smallest absolute Gasteiger partial charge is 0.343 e. The fourth-order valence-electron chi connectivity index (χ4n) is 2.39. The second-order valence-electron chi connectivity index (χ2n) is 4.94. The number of aliphatic carboxylic acids is 1. The van der Waals surface area contributed by atoms with Gasteiger partial charge in [-0.05, 0) is 12.1 Å². The summed E-state index contributed by atoms with van der Waals surface area (Å²) in [6.45, 7) is -0.427. The average Bonchev–Trinajstić information content (AvgIpc) is 3.05. The predicted octanol–water partition coefficient (Wildman–Crippen LogP) is 1.71. The van der Waals surface area contributed by atoms with E-state index in [0.29, 0.717) is 11.5 Å². The van der Waals surface area contributed by atoms with Crippen LogP contribution in [0.5, 0.6) is 11.5 Å². The first-order valence-corrected chi connectivity index (χ1v) is 6.59. The Morgan fingerprint density at radius 2 is 2.14 bits per heavy atom. The molecule has 0 bridgehead atoms. The summed E-state index contributed by atoms with van der Waals surface area (Å²) in [7, 11) is 0. The van der Waals surface area contributed by atoms with E-state index in [-0.39, 0.29) is 30.3 Å². The molecule has 1 aromatic carbocycles. The molecule has 1 saturated heterocycles. The molecule has 2 heterocycles. The number of carbonyl (C=O) groups is 2. The molecule has 2 aliphatic rings. The molecule has 1 unspecified atom stereocenters. The summed E-state index contributed by atoms with van der Waals surface area (Å²) >= 11 is 5.99. The number of rotatable bonds is 2. The molecular formula is C13H11ClFNO5. The van der Waals surface area contributed by atoms with E-state index in [2.05, 4.69) is 0 Å². The average molecular weight is 316 g/mol. The molecule has 21 heavy (non-hydrogen) atoms. The number of carboxylic acids is 1. The molecule has 0 aliphatic carbocycles. The largest absolute Gasteiger partial charge is 0.479 e. The lowest BCUT2D eigenvalue weighted by molar-refractivity contribution is -0.149. The highest BCUT2D eigenvalue weighted by atomic mass is 35.5. The predicted molar refractivity (Wildman–Crippen MR) is 69.6 cm³/mol. The van der Waals surface area contributed by atoms with Gasteiger partial charge < -0.3 is 19.5 Å². The van der Waals surface area contributed by atoms with Gasteiger partial charge in [0, 0.05) is 18.5 Å². The molecule has 8 heteroatoms. The lowest BCUT2D eigenvalue weighted by atomic mass is 10.1. The summed E-state index contributed by atoms with van der Waals surface area (Å²) in [5.41, 5.74) is -2.19. The molecule has 1 fully saturated rings. The van der Waals surface area contributed by atoms with Crippen LogP contribution in [-0.2, 0) is 4.79 Å². The number of likely N-dealkylation sites (tertiary alicyclic amines) is 1. The normalized spacial score (nSPS) is 23.4. The Hall–Kier alpha value is -2.02. The molecule has 1 N–H and O–H groups in total. The van der Waals surface area contributed by atoms with Crippen LogP contribution in [0.25, 0.3) is 0 Å². The van der Waals surface area contributed by atoms with Crippen molar-refractivity contribution in [2.75, 3.05) is 19.9 Å². The molecule has 3 rings (SSSR count). The number of amides is 1. The van der Waals surface area contributed by atoms with E-state index in [0.717, 1.165) is 4.90 Å². The monoisotopic (exact) mass is 315 g/mol. The summed E-state index contributed by atoms with van der Waals surface area (Å²) < 4.78 is 24.3. The first-order chi connectivity index (χ1) is 9.90. The molecule has 2 aliphatic heterocycles. The molecule has 1 amide bonds. The van der Waals surface area contributed by atoms with Gasteiger partial charge in [-0.3, -0.25) is 4.79 Å². The molecule has 1 atom stereocenters. The van der Waals surface area contributed by atoms with E-state index >= 15 is 0 Å². The molecule has 6 nitrogen and oxygen atoms in total. The van der Waals surface area contributed by atoms with Crippen molar-refractivity contribution in [1.82, 2.24) is 4.90 Å². The van der Waals surface area contributed by atoms with Crippen molar-refractivity contribution in [2.45, 2.75) is 12.1 Å². The zero-order chi connectivity index (χ0) is 15.2. The van der Waals surface area contributed by atoms with Crippen LogP contribution in [0.15, 0.2) is 12.1 Å². The number of carboxylic acid groups (broad SMARTS) is 1. The van der Waals surface area contributed by atoms with E-state index in [1.54, 1.807) is 0 Å². The lowest BCUT2D eigenvalue weighted by Crippen LogP contribution is -2.38. The van der Waals surface area contributed by atoms with Crippen LogP contribution in [0.4, 0.5) is 4.39 Å². The minimum absolute atomic E-state index is 0.0169. The summed E-state index contributed by atoms with van der Waals surface area (Å²) in [5.74, 6) is -1.34. The van der Waals surface area contributed by atoms with Gasteiger partial charge in [0.1, 0.15) is 0 Å². The zero-order valence-electron chi connectivity index (χ0n) is 10.8. The summed E-state index contributed by atoms with van der Waals surface area (Å²) in [6.07, 6.45) is -0.230. The maximum absolute atomic E-state index is 14.0. The van der Waals surface area contributed by atoms with Gasteiger partial charge in [-0.1, -0.05) is 11.6 Å². The number of fused-ring (bicyclic) bond motifs is 1. The summed E-state index contributed by atoms with van der Waals surface area (Å²) in [4.78, 5) is 24.3. The number of hydrogen-bond acceptors (Lipinski definition) is 4. The Balaban J connectivity index is 1.84. The fourth-order valence-corrected chi connectivity index (χ4v) is 2.66. The van der Waals surface area contributed by atoms with E-state index in [1.165, 1.54) is 12.1 Å². The highest BCUT2D eigenvalue weighted by Gasteiger charge is 2.47. The lowest BCUT2D eigenvalue weighted by Gasteiger charge is -2.18. The van der Waals surface area contributed by atoms with Gasteiger partial charge in [-0.2, -0.15) is 0 Å². The minimum atomic E-state index is -2.39. The van der Waals surface area contributed by atoms with Crippen molar-refractivity contribution < 1.29 is 28.6 Å². The molecule has 0 radical (unpaired) electrons. The maximum atomic E-state index is 14.0. The molecule has 0 saturated carbocycles. The van der Waals surface area contributed by atoms with Crippen LogP contribution in [-0.4, -0.2) is 47.4 Å². The van der Waals surface area contributed by atoms with Crippen molar-refractivity contribution in [3.05, 3.63) is 22.7 Å². The van der Waals surface area contributed by atoms with Gasteiger partial charge in [-0.15, -0.1) is 0 Å². The van der Waals surface area contributed by atoms with Gasteiger partial charge >= 0.3 is 5.97 Å². The van der Waals surface area contributed by atoms with Gasteiger partial charge in [-0.25, -0.2) is 9.18 Å². The van der Waals surface area contributed by atoms with Crippen LogP contribution in [0.2, 0.25) is 5.02 Å². The molecular weight excluding hydrogens is 305 g/mol. The third-order valence-electron chi connectivity index (χ3n) is 3.56. The Labute approximate surface area is 124 Å². The highest BCUT2D eigenvalue weighted by molar-refractivity contribution is 6.32. The van der Waals surface area contributed by atoms with Crippen molar-refractivity contribution >= 4 is 23.5 Å². The zero-order valence-corrected chi connectivity index (χ0v) is 11.5. The third kappa shape index (κ3) is 2.27. The Morgan fingerprint density at radius 3 is 2.81 bits per heavy atom. The van der Waals surface area contributed by atoms with Crippen LogP contribution >= 0.6 is 11.6 Å². The van der Waals surface area contributed by atoms with Crippen molar-refractivity contribution in [1.29, 1.82) is 0 Å². The molecule has 0 spiro atoms. The number of nitrogens with zero attached hydrogens (tertiary/aromatic N) is 1. The second kappa shape index (κ2) is 4.77. The second-order valence-corrected chi connectivity index (χ2v) is 5.35. The van der Waals surface area contributed by atoms with Crippen molar-refractivity contribution in [3.63, 3.8) is 0 Å². The number of hydrogen-bond donors (Lipinski definition) is 1. The topological polar surface area (TPSA) is 76.1 Å². The summed E-state index contributed by atoms with van der Waals surface area (Å²) in [5, 5.41) is 9.06. The van der Waals surface area contributed by atoms with E-state index in [9.17, 15) is 14.0 Å². The van der Waals surface area contributed by atoms with Gasteiger partial charge in [0.05, 0.1) is 11.6 Å². The maximum Gasteiger partial charge on any atom is 0.343 e. The quantitative estimate of drug-likeness (QED) is 0.899.